The van der Waals surface area contributed by atoms with Gasteiger partial charge in [0.25, 0.3) is 0 Å². The average Bonchev–Trinajstić information content (AvgIpc) is 3.62. The van der Waals surface area contributed by atoms with Crippen LogP contribution in [-0.4, -0.2) is 9.13 Å². The first-order valence-corrected chi connectivity index (χ1v) is 15.7. The number of rotatable bonds is 5. The van der Waals surface area contributed by atoms with Gasteiger partial charge in [-0.3, -0.25) is 0 Å². The maximum atomic E-state index is 2.45. The van der Waals surface area contributed by atoms with Gasteiger partial charge in [-0.1, -0.05) is 84.9 Å². The summed E-state index contributed by atoms with van der Waals surface area (Å²) < 4.78 is 4.83. The maximum Gasteiger partial charge on any atom is 0.0542 e. The first kappa shape index (κ1) is 25.7. The van der Waals surface area contributed by atoms with Gasteiger partial charge in [-0.05, 0) is 91.7 Å². The Balaban J connectivity index is 1.27. The van der Waals surface area contributed by atoms with Crippen LogP contribution in [0.5, 0.6) is 0 Å². The first-order valence-electron chi connectivity index (χ1n) is 15.7. The first-order chi connectivity index (χ1) is 22.3. The molecule has 0 saturated heterocycles. The Morgan fingerprint density at radius 1 is 0.444 bits per heavy atom. The lowest BCUT2D eigenvalue weighted by Gasteiger charge is -2.26. The van der Waals surface area contributed by atoms with Crippen LogP contribution in [0.2, 0.25) is 0 Å². The molecule has 1 aliphatic rings. The fourth-order valence-electron chi connectivity index (χ4n) is 7.20. The smallest absolute Gasteiger partial charge is 0.0542 e. The lowest BCUT2D eigenvalue weighted by molar-refractivity contribution is 0.888. The number of fused-ring (bicyclic) bond motifs is 6. The molecule has 1 aliphatic carbocycles. The van der Waals surface area contributed by atoms with E-state index in [1.54, 1.807) is 0 Å². The van der Waals surface area contributed by atoms with Crippen LogP contribution in [-0.2, 0) is 6.42 Å². The molecule has 0 N–H and O–H groups in total. The molecule has 0 unspecified atom stereocenters. The van der Waals surface area contributed by atoms with Crippen molar-refractivity contribution < 1.29 is 0 Å². The second-order valence-corrected chi connectivity index (χ2v) is 11.7. The van der Waals surface area contributed by atoms with E-state index < -0.39 is 0 Å². The molecule has 214 valence electrons. The van der Waals surface area contributed by atoms with E-state index in [0.29, 0.717) is 0 Å². The van der Waals surface area contributed by atoms with Gasteiger partial charge in [-0.15, -0.1) is 0 Å². The zero-order valence-corrected chi connectivity index (χ0v) is 24.8. The number of aromatic nitrogens is 2. The summed E-state index contributed by atoms with van der Waals surface area (Å²) in [7, 11) is 0. The predicted octanol–water partition coefficient (Wildman–Crippen LogP) is 11.2. The Morgan fingerprint density at radius 2 is 1.00 bits per heavy atom. The standard InChI is InChI=1S/C42H31N3/c1-4-14-30(15-5-1)43(33-24-26-41-37(28-33)35-20-10-12-22-39(35)44(41)31-16-6-2-7-17-31)34-25-27-42-38(29-34)36-21-11-13-23-40(36)45(42)32-18-8-3-9-19-32/h1-12,14-22,24-29H,13,23H2. The summed E-state index contributed by atoms with van der Waals surface area (Å²) in [6, 6.07) is 54.8. The minimum absolute atomic E-state index is 1.04. The van der Waals surface area contributed by atoms with Crippen LogP contribution in [0, 0.1) is 0 Å². The highest BCUT2D eigenvalue weighted by Crippen LogP contribution is 2.42. The van der Waals surface area contributed by atoms with E-state index in [0.717, 1.165) is 29.9 Å². The molecule has 0 spiro atoms. The molecule has 0 aliphatic heterocycles. The molecule has 6 aromatic carbocycles. The van der Waals surface area contributed by atoms with Crippen molar-refractivity contribution >= 4 is 55.8 Å². The number of nitrogens with zero attached hydrogens (tertiary/aromatic N) is 3. The molecular formula is C42H31N3. The SMILES string of the molecule is C1=Cc2c(n(-c3ccccc3)c3ccc(N(c4ccccc4)c4ccc5c(c4)c4ccccc4n5-c4ccccc4)cc23)CC1. The van der Waals surface area contributed by atoms with Crippen LogP contribution >= 0.6 is 0 Å². The van der Waals surface area contributed by atoms with Crippen molar-refractivity contribution in [2.75, 3.05) is 4.90 Å². The number of hydrogen-bond acceptors (Lipinski definition) is 1. The normalized spacial score (nSPS) is 12.6. The molecule has 0 bridgehead atoms. The molecule has 0 radical (unpaired) electrons. The minimum Gasteiger partial charge on any atom is -0.313 e. The van der Waals surface area contributed by atoms with E-state index in [1.165, 1.54) is 55.3 Å². The average molecular weight is 578 g/mol. The highest BCUT2D eigenvalue weighted by Gasteiger charge is 2.22. The Morgan fingerprint density at radius 3 is 1.71 bits per heavy atom. The van der Waals surface area contributed by atoms with E-state index >= 15 is 0 Å². The Kier molecular flexibility index (Phi) is 5.95. The third-order valence-electron chi connectivity index (χ3n) is 9.14. The Hall–Kier alpha value is -5.80. The minimum atomic E-state index is 1.04. The fourth-order valence-corrected chi connectivity index (χ4v) is 7.20. The van der Waals surface area contributed by atoms with Crippen LogP contribution < -0.4 is 4.90 Å². The van der Waals surface area contributed by atoms with Crippen molar-refractivity contribution in [1.82, 2.24) is 9.13 Å². The summed E-state index contributed by atoms with van der Waals surface area (Å²) >= 11 is 0. The van der Waals surface area contributed by atoms with Crippen LogP contribution in [0.25, 0.3) is 50.2 Å². The lowest BCUT2D eigenvalue weighted by atomic mass is 10.0. The molecule has 2 heterocycles. The highest BCUT2D eigenvalue weighted by molar-refractivity contribution is 6.11. The summed E-state index contributed by atoms with van der Waals surface area (Å²) in [4.78, 5) is 2.40. The zero-order valence-electron chi connectivity index (χ0n) is 24.8. The van der Waals surface area contributed by atoms with Gasteiger partial charge in [0.2, 0.25) is 0 Å². The van der Waals surface area contributed by atoms with E-state index in [2.05, 4.69) is 178 Å². The molecule has 0 atom stereocenters. The Bertz CT molecular complexity index is 2360. The van der Waals surface area contributed by atoms with Gasteiger partial charge in [-0.2, -0.15) is 0 Å². The van der Waals surface area contributed by atoms with Gasteiger partial charge >= 0.3 is 0 Å². The van der Waals surface area contributed by atoms with E-state index in [9.17, 15) is 0 Å². The highest BCUT2D eigenvalue weighted by atomic mass is 15.1. The van der Waals surface area contributed by atoms with Crippen LogP contribution in [0.4, 0.5) is 17.1 Å². The maximum absolute atomic E-state index is 2.45. The van der Waals surface area contributed by atoms with Crippen molar-refractivity contribution in [3.63, 3.8) is 0 Å². The van der Waals surface area contributed by atoms with Crippen molar-refractivity contribution in [3.05, 3.63) is 169 Å². The quantitative estimate of drug-likeness (QED) is 0.198. The molecule has 3 heteroatoms. The van der Waals surface area contributed by atoms with Crippen molar-refractivity contribution in [1.29, 1.82) is 0 Å². The van der Waals surface area contributed by atoms with Gasteiger partial charge < -0.3 is 14.0 Å². The molecule has 9 rings (SSSR count). The van der Waals surface area contributed by atoms with Crippen LogP contribution in [0.15, 0.2) is 158 Å². The number of para-hydroxylation sites is 4. The van der Waals surface area contributed by atoms with Crippen LogP contribution in [0.1, 0.15) is 17.7 Å². The summed E-state index contributed by atoms with van der Waals surface area (Å²) in [5, 5.41) is 3.77. The molecule has 0 amide bonds. The predicted molar refractivity (Wildman–Crippen MR) is 190 cm³/mol. The van der Waals surface area contributed by atoms with E-state index in [1.807, 2.05) is 0 Å². The van der Waals surface area contributed by atoms with Crippen molar-refractivity contribution in [3.8, 4) is 11.4 Å². The summed E-state index contributed by atoms with van der Waals surface area (Å²) in [5.41, 5.74) is 12.2. The van der Waals surface area contributed by atoms with Crippen LogP contribution in [0.3, 0.4) is 0 Å². The third kappa shape index (κ3) is 4.12. The largest absolute Gasteiger partial charge is 0.313 e. The summed E-state index contributed by atoms with van der Waals surface area (Å²) in [6.45, 7) is 0. The van der Waals surface area contributed by atoms with Gasteiger partial charge in [0.1, 0.15) is 0 Å². The number of anilines is 3. The monoisotopic (exact) mass is 577 g/mol. The second kappa shape index (κ2) is 10.4. The molecule has 0 fully saturated rings. The molecule has 45 heavy (non-hydrogen) atoms. The summed E-state index contributed by atoms with van der Waals surface area (Å²) in [5.74, 6) is 0. The fraction of sp³-hybridized carbons (Fsp3) is 0.0476. The Labute approximate surface area is 262 Å². The van der Waals surface area contributed by atoms with Gasteiger partial charge in [0.15, 0.2) is 0 Å². The van der Waals surface area contributed by atoms with E-state index in [-0.39, 0.29) is 0 Å². The second-order valence-electron chi connectivity index (χ2n) is 11.7. The third-order valence-corrected chi connectivity index (χ3v) is 9.14. The lowest BCUT2D eigenvalue weighted by Crippen LogP contribution is -2.09. The summed E-state index contributed by atoms with van der Waals surface area (Å²) in [6.07, 6.45) is 6.74. The molecular weight excluding hydrogens is 546 g/mol. The molecule has 2 aromatic heterocycles. The molecule has 3 nitrogen and oxygen atoms in total. The van der Waals surface area contributed by atoms with Gasteiger partial charge in [0.05, 0.1) is 16.6 Å². The van der Waals surface area contributed by atoms with Crippen molar-refractivity contribution in [2.24, 2.45) is 0 Å². The topological polar surface area (TPSA) is 13.1 Å². The number of hydrogen-bond donors (Lipinski definition) is 0. The molecule has 8 aromatic rings. The van der Waals surface area contributed by atoms with E-state index in [4.69, 9.17) is 0 Å². The molecule has 0 saturated carbocycles. The number of benzene rings is 6. The number of allylic oxidation sites excluding steroid dienone is 1. The van der Waals surface area contributed by atoms with Gasteiger partial charge in [-0.25, -0.2) is 0 Å². The van der Waals surface area contributed by atoms with Crippen molar-refractivity contribution in [2.45, 2.75) is 12.8 Å². The zero-order chi connectivity index (χ0) is 29.7. The van der Waals surface area contributed by atoms with Gasteiger partial charge in [0, 0.05) is 55.9 Å².